The highest BCUT2D eigenvalue weighted by molar-refractivity contribution is 9.10. The minimum atomic E-state index is -4.21. The van der Waals surface area contributed by atoms with E-state index in [1.54, 1.807) is 36.4 Å². The van der Waals surface area contributed by atoms with Crippen LogP contribution in [-0.4, -0.2) is 50.9 Å². The second-order valence-electron chi connectivity index (χ2n) is 11.7. The Bertz CT molecular complexity index is 1710. The summed E-state index contributed by atoms with van der Waals surface area (Å²) in [6.07, 6.45) is 0.253. The van der Waals surface area contributed by atoms with E-state index in [4.69, 9.17) is 4.74 Å². The number of carbonyl (C=O) groups excluding carboxylic acids is 2. The summed E-state index contributed by atoms with van der Waals surface area (Å²) in [7, 11) is -4.21. The molecule has 0 aromatic heterocycles. The summed E-state index contributed by atoms with van der Waals surface area (Å²) in [5, 5.41) is 3.01. The van der Waals surface area contributed by atoms with Crippen LogP contribution in [0.25, 0.3) is 0 Å². The second kappa shape index (κ2) is 16.6. The Kier molecular flexibility index (Phi) is 12.6. The van der Waals surface area contributed by atoms with Gasteiger partial charge >= 0.3 is 0 Å². The number of anilines is 1. The number of nitrogens with zero attached hydrogens (tertiary/aromatic N) is 2. The fraction of sp³-hybridized carbons (Fsp3) is 0.297. The van der Waals surface area contributed by atoms with E-state index < -0.39 is 28.5 Å². The third-order valence-corrected chi connectivity index (χ3v) is 9.86. The van der Waals surface area contributed by atoms with Crippen molar-refractivity contribution in [1.29, 1.82) is 0 Å². The van der Waals surface area contributed by atoms with Crippen LogP contribution < -0.4 is 14.4 Å². The quantitative estimate of drug-likeness (QED) is 0.147. The monoisotopic (exact) mass is 719 g/mol. The number of halogens is 1. The Morgan fingerprint density at radius 3 is 2.09 bits per heavy atom. The number of nitrogens with one attached hydrogen (secondary N) is 1. The van der Waals surface area contributed by atoms with E-state index in [9.17, 15) is 18.0 Å². The van der Waals surface area contributed by atoms with Gasteiger partial charge in [0.1, 0.15) is 18.3 Å². The van der Waals surface area contributed by atoms with Gasteiger partial charge in [-0.3, -0.25) is 13.9 Å². The smallest absolute Gasteiger partial charge is 0.264 e. The highest BCUT2D eigenvalue weighted by atomic mass is 79.9. The molecule has 8 nitrogen and oxygen atoms in total. The van der Waals surface area contributed by atoms with Gasteiger partial charge in [-0.1, -0.05) is 89.9 Å². The first-order chi connectivity index (χ1) is 22.5. The molecule has 0 saturated carbocycles. The molecule has 0 radical (unpaired) electrons. The van der Waals surface area contributed by atoms with Crippen LogP contribution in [0.15, 0.2) is 112 Å². The molecule has 1 atom stereocenters. The van der Waals surface area contributed by atoms with Crippen LogP contribution in [0.1, 0.15) is 37.5 Å². The summed E-state index contributed by atoms with van der Waals surface area (Å²) in [5.74, 6) is -0.0719. The zero-order valence-corrected chi connectivity index (χ0v) is 29.6. The molecule has 2 amide bonds. The average Bonchev–Trinajstić information content (AvgIpc) is 3.06. The summed E-state index contributed by atoms with van der Waals surface area (Å²) < 4.78 is 36.0. The van der Waals surface area contributed by atoms with E-state index in [1.165, 1.54) is 17.0 Å². The molecule has 4 aromatic rings. The molecule has 0 heterocycles. The number of benzene rings is 4. The number of rotatable bonds is 15. The Morgan fingerprint density at radius 2 is 1.49 bits per heavy atom. The Morgan fingerprint density at radius 1 is 0.851 bits per heavy atom. The molecule has 4 aromatic carbocycles. The van der Waals surface area contributed by atoms with Gasteiger partial charge in [-0.2, -0.15) is 0 Å². The molecule has 0 unspecified atom stereocenters. The van der Waals surface area contributed by atoms with Crippen molar-refractivity contribution in [2.75, 3.05) is 24.0 Å². The van der Waals surface area contributed by atoms with Crippen molar-refractivity contribution in [3.05, 3.63) is 124 Å². The molecule has 0 saturated heterocycles. The highest BCUT2D eigenvalue weighted by Gasteiger charge is 2.34. The first-order valence-corrected chi connectivity index (χ1v) is 17.9. The largest absolute Gasteiger partial charge is 0.494 e. The average molecular weight is 721 g/mol. The molecule has 0 bridgehead atoms. The van der Waals surface area contributed by atoms with Crippen molar-refractivity contribution in [3.63, 3.8) is 0 Å². The first kappa shape index (κ1) is 35.7. The van der Waals surface area contributed by atoms with Gasteiger partial charge in [-0.15, -0.1) is 0 Å². The molecular formula is C37H42BrN3O5S. The Labute approximate surface area is 286 Å². The van der Waals surface area contributed by atoms with Crippen LogP contribution in [0.3, 0.4) is 0 Å². The van der Waals surface area contributed by atoms with Crippen LogP contribution in [0.5, 0.6) is 5.75 Å². The Hall–Kier alpha value is -4.15. The highest BCUT2D eigenvalue weighted by Crippen LogP contribution is 2.27. The van der Waals surface area contributed by atoms with E-state index in [2.05, 4.69) is 21.2 Å². The number of hydrogen-bond donors (Lipinski definition) is 1. The lowest BCUT2D eigenvalue weighted by Crippen LogP contribution is -2.53. The zero-order chi connectivity index (χ0) is 34.0. The van der Waals surface area contributed by atoms with Crippen molar-refractivity contribution < 1.29 is 22.7 Å². The fourth-order valence-corrected chi connectivity index (χ4v) is 6.68. The fourth-order valence-electron chi connectivity index (χ4n) is 5.00. The van der Waals surface area contributed by atoms with Crippen molar-refractivity contribution in [2.45, 2.75) is 51.6 Å². The van der Waals surface area contributed by atoms with Crippen LogP contribution >= 0.6 is 15.9 Å². The minimum Gasteiger partial charge on any atom is -0.494 e. The van der Waals surface area contributed by atoms with Gasteiger partial charge in [0.2, 0.25) is 11.8 Å². The summed E-state index contributed by atoms with van der Waals surface area (Å²) >= 11 is 3.47. The molecule has 1 N–H and O–H groups in total. The molecule has 4 rings (SSSR count). The third kappa shape index (κ3) is 9.92. The van der Waals surface area contributed by atoms with E-state index in [-0.39, 0.29) is 29.7 Å². The predicted octanol–water partition coefficient (Wildman–Crippen LogP) is 6.76. The zero-order valence-electron chi connectivity index (χ0n) is 27.2. The SMILES string of the molecule is CCOc1ccc(S(=O)(=O)N(CC(=O)N(Cc2ccc(Br)cc2)[C@@H](Cc2ccccc2)C(=O)NCC(C)C)c2ccc(C)cc2)cc1. The molecule has 10 heteroatoms. The molecule has 0 aliphatic carbocycles. The van der Waals surface area contributed by atoms with Crippen molar-refractivity contribution >= 4 is 43.5 Å². The summed E-state index contributed by atoms with van der Waals surface area (Å²) in [6, 6.07) is 29.2. The van der Waals surface area contributed by atoms with Crippen molar-refractivity contribution in [2.24, 2.45) is 5.92 Å². The van der Waals surface area contributed by atoms with Gasteiger partial charge in [0.05, 0.1) is 17.2 Å². The lowest BCUT2D eigenvalue weighted by molar-refractivity contribution is -0.140. The summed E-state index contributed by atoms with van der Waals surface area (Å²) in [4.78, 5) is 30.0. The number of sulfonamides is 1. The van der Waals surface area contributed by atoms with Gasteiger partial charge in [0, 0.05) is 24.0 Å². The maximum absolute atomic E-state index is 14.6. The van der Waals surface area contributed by atoms with Crippen LogP contribution in [-0.2, 0) is 32.6 Å². The van der Waals surface area contributed by atoms with Gasteiger partial charge in [-0.05, 0) is 79.4 Å². The normalized spacial score (nSPS) is 12.0. The van der Waals surface area contributed by atoms with E-state index >= 15 is 0 Å². The topological polar surface area (TPSA) is 96.0 Å². The number of carbonyl (C=O) groups is 2. The second-order valence-corrected chi connectivity index (χ2v) is 14.5. The van der Waals surface area contributed by atoms with Crippen molar-refractivity contribution in [3.8, 4) is 5.75 Å². The number of amides is 2. The summed E-state index contributed by atoms with van der Waals surface area (Å²) in [6.45, 7) is 8.23. The van der Waals surface area contributed by atoms with Gasteiger partial charge in [0.15, 0.2) is 0 Å². The molecule has 0 fully saturated rings. The molecule has 47 heavy (non-hydrogen) atoms. The number of aryl methyl sites for hydroxylation is 1. The van der Waals surface area contributed by atoms with E-state index in [0.29, 0.717) is 24.6 Å². The maximum Gasteiger partial charge on any atom is 0.264 e. The molecule has 248 valence electrons. The molecule has 0 spiro atoms. The standard InChI is InChI=1S/C37H42BrN3O5S/c1-5-46-33-19-21-34(22-20-33)47(44,45)41(32-17-11-28(4)12-18-32)26-36(42)40(25-30-13-15-31(38)16-14-30)35(37(43)39-24-27(2)3)23-29-9-7-6-8-10-29/h6-22,27,35H,5,23-26H2,1-4H3,(H,39,43)/t35-/m0/s1. The van der Waals surface area contributed by atoms with E-state index in [0.717, 1.165) is 25.5 Å². The van der Waals surface area contributed by atoms with Gasteiger partial charge < -0.3 is 15.0 Å². The van der Waals surface area contributed by atoms with Crippen LogP contribution in [0, 0.1) is 12.8 Å². The Balaban J connectivity index is 1.78. The minimum absolute atomic E-state index is 0.0179. The number of hydrogen-bond acceptors (Lipinski definition) is 5. The van der Waals surface area contributed by atoms with Crippen molar-refractivity contribution in [1.82, 2.24) is 10.2 Å². The number of ether oxygens (including phenoxy) is 1. The predicted molar refractivity (Wildman–Crippen MR) is 190 cm³/mol. The van der Waals surface area contributed by atoms with Crippen LogP contribution in [0.2, 0.25) is 0 Å². The van der Waals surface area contributed by atoms with Gasteiger partial charge in [0.25, 0.3) is 10.0 Å². The third-order valence-electron chi connectivity index (χ3n) is 7.55. The lowest BCUT2D eigenvalue weighted by atomic mass is 10.0. The summed E-state index contributed by atoms with van der Waals surface area (Å²) in [5.41, 5.74) is 2.96. The van der Waals surface area contributed by atoms with Crippen LogP contribution in [0.4, 0.5) is 5.69 Å². The molecule has 0 aliphatic rings. The molecule has 0 aliphatic heterocycles. The van der Waals surface area contributed by atoms with Gasteiger partial charge in [-0.25, -0.2) is 8.42 Å². The maximum atomic E-state index is 14.6. The first-order valence-electron chi connectivity index (χ1n) is 15.7. The lowest BCUT2D eigenvalue weighted by Gasteiger charge is -2.34. The molecular weight excluding hydrogens is 678 g/mol. The van der Waals surface area contributed by atoms with E-state index in [1.807, 2.05) is 82.3 Å².